The first-order valence-corrected chi connectivity index (χ1v) is 7.93. The first-order chi connectivity index (χ1) is 9.33. The Bertz CT molecular complexity index is 457. The van der Waals surface area contributed by atoms with Crippen LogP contribution in [0.15, 0.2) is 27.1 Å². The van der Waals surface area contributed by atoms with Gasteiger partial charge in [0, 0.05) is 33.8 Å². The molecule has 1 aromatic rings. The van der Waals surface area contributed by atoms with Gasteiger partial charge in [0.25, 0.3) is 0 Å². The number of hydrogen-bond donors (Lipinski definition) is 1. The number of hydrogen-bond acceptors (Lipinski definition) is 2. The Kier molecular flexibility index (Phi) is 5.36. The van der Waals surface area contributed by atoms with Crippen LogP contribution in [0, 0.1) is 0 Å². The summed E-state index contributed by atoms with van der Waals surface area (Å²) < 4.78 is 38.9. The third-order valence-corrected chi connectivity index (χ3v) is 4.46. The number of nitrogens with zero attached hydrogens (tertiary/aromatic N) is 1. The van der Waals surface area contributed by atoms with Crippen molar-refractivity contribution < 1.29 is 13.2 Å². The first kappa shape index (κ1) is 16.1. The van der Waals surface area contributed by atoms with E-state index in [1.807, 2.05) is 18.2 Å². The number of rotatable bonds is 3. The summed E-state index contributed by atoms with van der Waals surface area (Å²) >= 11 is 6.88. The van der Waals surface area contributed by atoms with E-state index in [9.17, 15) is 13.2 Å². The van der Waals surface area contributed by atoms with E-state index in [4.69, 9.17) is 0 Å². The Morgan fingerprint density at radius 2 is 1.85 bits per heavy atom. The van der Waals surface area contributed by atoms with Gasteiger partial charge in [-0.15, -0.1) is 0 Å². The molecule has 1 heterocycles. The summed E-state index contributed by atoms with van der Waals surface area (Å²) in [7, 11) is 0. The molecule has 0 aliphatic carbocycles. The molecule has 0 unspecified atom stereocenters. The molecule has 0 bridgehead atoms. The van der Waals surface area contributed by atoms with E-state index in [1.54, 1.807) is 0 Å². The lowest BCUT2D eigenvalue weighted by molar-refractivity contribution is -0.147. The fraction of sp³-hybridized carbons (Fsp3) is 0.538. The molecule has 0 atom stereocenters. The summed E-state index contributed by atoms with van der Waals surface area (Å²) in [5, 5.41) is 3.39. The van der Waals surface area contributed by atoms with Gasteiger partial charge in [0.1, 0.15) is 0 Å². The molecule has 0 radical (unpaired) electrons. The Morgan fingerprint density at radius 3 is 2.45 bits per heavy atom. The van der Waals surface area contributed by atoms with Crippen LogP contribution >= 0.6 is 31.9 Å². The minimum Gasteiger partial charge on any atom is -0.381 e. The molecule has 2 nitrogen and oxygen atoms in total. The number of likely N-dealkylation sites (tertiary alicyclic amines) is 1. The normalized spacial score (nSPS) is 18.2. The van der Waals surface area contributed by atoms with Crippen molar-refractivity contribution in [3.8, 4) is 0 Å². The van der Waals surface area contributed by atoms with E-state index in [-0.39, 0.29) is 6.04 Å². The number of alkyl halides is 3. The molecule has 20 heavy (non-hydrogen) atoms. The maximum absolute atomic E-state index is 12.3. The number of nitrogens with one attached hydrogen (secondary N) is 1. The second-order valence-electron chi connectivity index (χ2n) is 4.93. The molecular weight excluding hydrogens is 401 g/mol. The molecule has 0 amide bonds. The van der Waals surface area contributed by atoms with Crippen LogP contribution in [0.1, 0.15) is 12.8 Å². The fourth-order valence-electron chi connectivity index (χ4n) is 2.32. The Hall–Kier alpha value is -0.270. The van der Waals surface area contributed by atoms with Crippen molar-refractivity contribution in [1.29, 1.82) is 0 Å². The molecule has 0 aromatic heterocycles. The molecule has 1 saturated heterocycles. The SMILES string of the molecule is FC(F)(F)CN1CCC(Nc2cc(Br)ccc2Br)CC1. The standard InChI is InChI=1S/C13H15Br2F3N2/c14-9-1-2-11(15)12(7-9)19-10-3-5-20(6-4-10)8-13(16,17)18/h1-2,7,10,19H,3-6,8H2. The van der Waals surface area contributed by atoms with Crippen LogP contribution in [-0.4, -0.2) is 36.8 Å². The molecule has 0 saturated carbocycles. The smallest absolute Gasteiger partial charge is 0.381 e. The fourth-order valence-corrected chi connectivity index (χ4v) is 3.04. The van der Waals surface area contributed by atoms with E-state index in [1.165, 1.54) is 4.90 Å². The lowest BCUT2D eigenvalue weighted by Crippen LogP contribution is -2.43. The number of anilines is 1. The highest BCUT2D eigenvalue weighted by molar-refractivity contribution is 9.11. The minimum absolute atomic E-state index is 0.213. The van der Waals surface area contributed by atoms with Gasteiger partial charge in [-0.3, -0.25) is 4.90 Å². The largest absolute Gasteiger partial charge is 0.401 e. The number of benzene rings is 1. The highest BCUT2D eigenvalue weighted by Crippen LogP contribution is 2.28. The molecule has 1 fully saturated rings. The van der Waals surface area contributed by atoms with E-state index in [0.29, 0.717) is 13.1 Å². The molecule has 2 rings (SSSR count). The van der Waals surface area contributed by atoms with Gasteiger partial charge in [0.05, 0.1) is 6.54 Å². The topological polar surface area (TPSA) is 15.3 Å². The van der Waals surface area contributed by atoms with Crippen molar-refractivity contribution in [3.63, 3.8) is 0 Å². The van der Waals surface area contributed by atoms with E-state index >= 15 is 0 Å². The molecule has 1 N–H and O–H groups in total. The second kappa shape index (κ2) is 6.66. The quantitative estimate of drug-likeness (QED) is 0.772. The van der Waals surface area contributed by atoms with Crippen LogP contribution in [-0.2, 0) is 0 Å². The number of halogens is 5. The second-order valence-corrected chi connectivity index (χ2v) is 6.70. The monoisotopic (exact) mass is 414 g/mol. The zero-order valence-corrected chi connectivity index (χ0v) is 13.9. The Morgan fingerprint density at radius 1 is 1.20 bits per heavy atom. The van der Waals surface area contributed by atoms with Crippen LogP contribution in [0.5, 0.6) is 0 Å². The van der Waals surface area contributed by atoms with E-state index < -0.39 is 12.7 Å². The summed E-state index contributed by atoms with van der Waals surface area (Å²) in [5.74, 6) is 0. The van der Waals surface area contributed by atoms with Crippen LogP contribution in [0.25, 0.3) is 0 Å². The average molecular weight is 416 g/mol. The third-order valence-electron chi connectivity index (χ3n) is 3.28. The first-order valence-electron chi connectivity index (χ1n) is 6.34. The van der Waals surface area contributed by atoms with Crippen LogP contribution in [0.2, 0.25) is 0 Å². The van der Waals surface area contributed by atoms with E-state index in [0.717, 1.165) is 27.5 Å². The molecule has 1 aliphatic heterocycles. The lowest BCUT2D eigenvalue weighted by atomic mass is 10.0. The van der Waals surface area contributed by atoms with Gasteiger partial charge in [-0.25, -0.2) is 0 Å². The molecular formula is C13H15Br2F3N2. The van der Waals surface area contributed by atoms with Gasteiger partial charge in [0.2, 0.25) is 0 Å². The van der Waals surface area contributed by atoms with Crippen molar-refractivity contribution in [2.75, 3.05) is 25.0 Å². The molecule has 1 aromatic carbocycles. The summed E-state index contributed by atoms with van der Waals surface area (Å²) in [4.78, 5) is 1.47. The minimum atomic E-state index is -4.10. The van der Waals surface area contributed by atoms with Gasteiger partial charge in [-0.2, -0.15) is 13.2 Å². The Labute approximate surface area is 133 Å². The van der Waals surface area contributed by atoms with Crippen molar-refractivity contribution in [2.45, 2.75) is 25.1 Å². The molecule has 112 valence electrons. The van der Waals surface area contributed by atoms with Crippen molar-refractivity contribution in [3.05, 3.63) is 27.1 Å². The van der Waals surface area contributed by atoms with Crippen molar-refractivity contribution in [1.82, 2.24) is 4.90 Å². The zero-order chi connectivity index (χ0) is 14.8. The maximum atomic E-state index is 12.3. The van der Waals surface area contributed by atoms with Gasteiger partial charge < -0.3 is 5.32 Å². The van der Waals surface area contributed by atoms with E-state index in [2.05, 4.69) is 37.2 Å². The summed E-state index contributed by atoms with van der Waals surface area (Å²) in [6, 6.07) is 6.04. The summed E-state index contributed by atoms with van der Waals surface area (Å²) in [5.41, 5.74) is 0.966. The van der Waals surface area contributed by atoms with Gasteiger partial charge in [0.15, 0.2) is 0 Å². The zero-order valence-electron chi connectivity index (χ0n) is 10.7. The maximum Gasteiger partial charge on any atom is 0.401 e. The predicted octanol–water partition coefficient (Wildman–Crippen LogP) is 4.65. The lowest BCUT2D eigenvalue weighted by Gasteiger charge is -2.33. The van der Waals surface area contributed by atoms with Crippen LogP contribution in [0.3, 0.4) is 0 Å². The Balaban J connectivity index is 1.87. The van der Waals surface area contributed by atoms with Crippen molar-refractivity contribution in [2.24, 2.45) is 0 Å². The molecule has 1 aliphatic rings. The molecule has 0 spiro atoms. The van der Waals surface area contributed by atoms with Crippen LogP contribution < -0.4 is 5.32 Å². The van der Waals surface area contributed by atoms with Crippen LogP contribution in [0.4, 0.5) is 18.9 Å². The highest BCUT2D eigenvalue weighted by atomic mass is 79.9. The number of piperidine rings is 1. The predicted molar refractivity (Wildman–Crippen MR) is 81.0 cm³/mol. The summed E-state index contributed by atoms with van der Waals surface area (Å²) in [6.45, 7) is 0.145. The van der Waals surface area contributed by atoms with Crippen molar-refractivity contribution >= 4 is 37.5 Å². The van der Waals surface area contributed by atoms with Gasteiger partial charge in [-0.05, 0) is 47.0 Å². The van der Waals surface area contributed by atoms with Gasteiger partial charge in [-0.1, -0.05) is 15.9 Å². The average Bonchev–Trinajstić information content (AvgIpc) is 2.34. The third kappa shape index (κ3) is 4.93. The highest BCUT2D eigenvalue weighted by Gasteiger charge is 2.32. The summed E-state index contributed by atoms with van der Waals surface area (Å²) in [6.07, 6.45) is -2.67. The molecule has 7 heteroatoms. The van der Waals surface area contributed by atoms with Gasteiger partial charge >= 0.3 is 6.18 Å².